The number of hydrogen-bond acceptors (Lipinski definition) is 3. The highest BCUT2D eigenvalue weighted by molar-refractivity contribution is 7.92. The number of para-hydroxylation sites is 1. The molecule has 2 fully saturated rings. The summed E-state index contributed by atoms with van der Waals surface area (Å²) in [6.45, 7) is 0.984. The van der Waals surface area contributed by atoms with Crippen molar-refractivity contribution < 1.29 is 13.2 Å². The summed E-state index contributed by atoms with van der Waals surface area (Å²) < 4.78 is 27.3. The minimum absolute atomic E-state index is 0.00329. The number of sulfone groups is 1. The van der Waals surface area contributed by atoms with Crippen molar-refractivity contribution in [1.82, 2.24) is 9.47 Å². The highest BCUT2D eigenvalue weighted by atomic mass is 32.2. The molecule has 2 aromatic rings. The van der Waals surface area contributed by atoms with E-state index in [9.17, 15) is 13.2 Å². The van der Waals surface area contributed by atoms with E-state index in [1.54, 1.807) is 4.90 Å². The monoisotopic (exact) mass is 360 g/mol. The molecule has 1 aliphatic heterocycles. The van der Waals surface area contributed by atoms with Crippen LogP contribution in [-0.4, -0.2) is 47.4 Å². The van der Waals surface area contributed by atoms with E-state index < -0.39 is 9.84 Å². The molecular formula is C19H24N2O3S. The van der Waals surface area contributed by atoms with E-state index in [1.807, 2.05) is 41.1 Å². The zero-order chi connectivity index (χ0) is 17.4. The fourth-order valence-corrected chi connectivity index (χ4v) is 6.35. The molecule has 1 aliphatic carbocycles. The van der Waals surface area contributed by atoms with Gasteiger partial charge in [-0.3, -0.25) is 4.79 Å². The molecule has 1 aromatic heterocycles. The number of carbonyl (C=O) groups is 1. The van der Waals surface area contributed by atoms with Gasteiger partial charge in [-0.25, -0.2) is 8.42 Å². The second-order valence-electron chi connectivity index (χ2n) is 7.27. The lowest BCUT2D eigenvalue weighted by Crippen LogP contribution is -2.59. The Balaban J connectivity index is 1.38. The molecule has 1 aromatic carbocycles. The van der Waals surface area contributed by atoms with E-state index in [4.69, 9.17) is 0 Å². The van der Waals surface area contributed by atoms with Crippen molar-refractivity contribution in [2.24, 2.45) is 0 Å². The van der Waals surface area contributed by atoms with Crippen LogP contribution in [-0.2, 0) is 21.2 Å². The average molecular weight is 360 g/mol. The molecule has 1 saturated heterocycles. The Morgan fingerprint density at radius 2 is 1.72 bits per heavy atom. The van der Waals surface area contributed by atoms with Gasteiger partial charge in [-0.1, -0.05) is 37.5 Å². The van der Waals surface area contributed by atoms with E-state index in [2.05, 4.69) is 0 Å². The van der Waals surface area contributed by atoms with E-state index >= 15 is 0 Å². The average Bonchev–Trinajstić information content (AvgIpc) is 2.97. The molecule has 2 aliphatic rings. The standard InChI is InChI=1S/C19H24N2O3S/c22-19(14-20-11-10-15-6-4-5-9-18(15)20)21-12-17(13-21)25(23,24)16-7-2-1-3-8-16/h4-6,9-11,16-17H,1-3,7-8,12-14H2. The van der Waals surface area contributed by atoms with Crippen molar-refractivity contribution in [3.63, 3.8) is 0 Å². The fraction of sp³-hybridized carbons (Fsp3) is 0.526. The molecule has 4 rings (SSSR count). The van der Waals surface area contributed by atoms with Gasteiger partial charge in [0.1, 0.15) is 6.54 Å². The Bertz CT molecular complexity index is 875. The van der Waals surface area contributed by atoms with Crippen LogP contribution < -0.4 is 0 Å². The van der Waals surface area contributed by atoms with Crippen LogP contribution in [0.25, 0.3) is 10.9 Å². The van der Waals surface area contributed by atoms with Gasteiger partial charge in [0.15, 0.2) is 9.84 Å². The molecule has 0 atom stereocenters. The summed E-state index contributed by atoms with van der Waals surface area (Å²) in [4.78, 5) is 14.2. The number of likely N-dealkylation sites (tertiary alicyclic amines) is 1. The molecule has 6 heteroatoms. The summed E-state index contributed by atoms with van der Waals surface area (Å²) in [7, 11) is -3.09. The molecule has 2 heterocycles. The predicted octanol–water partition coefficient (Wildman–Crippen LogP) is 2.60. The first kappa shape index (κ1) is 16.6. The third kappa shape index (κ3) is 3.08. The number of carbonyl (C=O) groups excluding carboxylic acids is 1. The van der Waals surface area contributed by atoms with Crippen LogP contribution in [0.4, 0.5) is 0 Å². The first-order valence-electron chi connectivity index (χ1n) is 9.10. The van der Waals surface area contributed by atoms with E-state index in [-0.39, 0.29) is 23.0 Å². The minimum Gasteiger partial charge on any atom is -0.338 e. The van der Waals surface area contributed by atoms with Crippen molar-refractivity contribution in [2.75, 3.05) is 13.1 Å². The van der Waals surface area contributed by atoms with Crippen molar-refractivity contribution in [2.45, 2.75) is 49.1 Å². The summed E-state index contributed by atoms with van der Waals surface area (Å²) >= 11 is 0. The maximum absolute atomic E-state index is 12.7. The maximum atomic E-state index is 12.7. The summed E-state index contributed by atoms with van der Waals surface area (Å²) in [5, 5.41) is 0.564. The molecule has 0 N–H and O–H groups in total. The smallest absolute Gasteiger partial charge is 0.242 e. The number of amides is 1. The van der Waals surface area contributed by atoms with Crippen LogP contribution in [0.3, 0.4) is 0 Å². The SMILES string of the molecule is O=C(Cn1ccc2ccccc21)N1CC(S(=O)(=O)C2CCCCC2)C1. The van der Waals surface area contributed by atoms with Crippen LogP contribution >= 0.6 is 0 Å². The summed E-state index contributed by atoms with van der Waals surface area (Å²) in [6.07, 6.45) is 6.68. The van der Waals surface area contributed by atoms with Gasteiger partial charge in [0, 0.05) is 24.8 Å². The summed E-state index contributed by atoms with van der Waals surface area (Å²) in [5.74, 6) is -0.00329. The molecule has 0 unspecified atom stereocenters. The third-order valence-electron chi connectivity index (χ3n) is 5.67. The van der Waals surface area contributed by atoms with E-state index in [0.29, 0.717) is 13.1 Å². The number of aromatic nitrogens is 1. The molecule has 25 heavy (non-hydrogen) atoms. The Kier molecular flexibility index (Phi) is 4.31. The minimum atomic E-state index is -3.09. The zero-order valence-corrected chi connectivity index (χ0v) is 15.1. The molecule has 1 saturated carbocycles. The Morgan fingerprint density at radius 3 is 2.48 bits per heavy atom. The Morgan fingerprint density at radius 1 is 1.00 bits per heavy atom. The first-order chi connectivity index (χ1) is 12.1. The number of hydrogen-bond donors (Lipinski definition) is 0. The quantitative estimate of drug-likeness (QED) is 0.842. The van der Waals surface area contributed by atoms with Crippen molar-refractivity contribution in [3.8, 4) is 0 Å². The van der Waals surface area contributed by atoms with Crippen molar-refractivity contribution >= 4 is 26.6 Å². The Labute approximate surface area is 148 Å². The lowest BCUT2D eigenvalue weighted by Gasteiger charge is -2.41. The number of fused-ring (bicyclic) bond motifs is 1. The number of nitrogens with zero attached hydrogens (tertiary/aromatic N) is 2. The molecular weight excluding hydrogens is 336 g/mol. The number of benzene rings is 1. The largest absolute Gasteiger partial charge is 0.338 e. The molecule has 0 spiro atoms. The van der Waals surface area contributed by atoms with E-state index in [0.717, 1.165) is 43.0 Å². The zero-order valence-electron chi connectivity index (χ0n) is 14.3. The van der Waals surface area contributed by atoms with Crippen LogP contribution in [0.15, 0.2) is 36.5 Å². The van der Waals surface area contributed by atoms with Crippen molar-refractivity contribution in [3.05, 3.63) is 36.5 Å². The lowest BCUT2D eigenvalue weighted by molar-refractivity contribution is -0.134. The van der Waals surface area contributed by atoms with Crippen LogP contribution in [0.5, 0.6) is 0 Å². The normalized spacial score (nSPS) is 19.9. The summed E-state index contributed by atoms with van der Waals surface area (Å²) in [5.41, 5.74) is 1.03. The lowest BCUT2D eigenvalue weighted by atomic mass is 10.0. The highest BCUT2D eigenvalue weighted by Gasteiger charge is 2.43. The molecule has 0 bridgehead atoms. The second-order valence-corrected chi connectivity index (χ2v) is 9.78. The van der Waals surface area contributed by atoms with Crippen LogP contribution in [0, 0.1) is 0 Å². The van der Waals surface area contributed by atoms with Gasteiger partial charge in [0.25, 0.3) is 0 Å². The van der Waals surface area contributed by atoms with E-state index in [1.165, 1.54) is 0 Å². The predicted molar refractivity (Wildman–Crippen MR) is 98.1 cm³/mol. The molecule has 0 radical (unpaired) electrons. The third-order valence-corrected chi connectivity index (χ3v) is 8.30. The van der Waals surface area contributed by atoms with Crippen LogP contribution in [0.1, 0.15) is 32.1 Å². The Hall–Kier alpha value is -1.82. The van der Waals surface area contributed by atoms with Gasteiger partial charge in [-0.15, -0.1) is 0 Å². The first-order valence-corrected chi connectivity index (χ1v) is 10.7. The summed E-state index contributed by atoms with van der Waals surface area (Å²) in [6, 6.07) is 9.95. The van der Waals surface area contributed by atoms with Gasteiger partial charge in [-0.05, 0) is 30.4 Å². The second kappa shape index (κ2) is 6.48. The topological polar surface area (TPSA) is 59.4 Å². The number of rotatable bonds is 4. The van der Waals surface area contributed by atoms with Gasteiger partial charge >= 0.3 is 0 Å². The fourth-order valence-electron chi connectivity index (χ4n) is 4.04. The highest BCUT2D eigenvalue weighted by Crippen LogP contribution is 2.30. The van der Waals surface area contributed by atoms with Crippen molar-refractivity contribution in [1.29, 1.82) is 0 Å². The molecule has 134 valence electrons. The van der Waals surface area contributed by atoms with Crippen LogP contribution in [0.2, 0.25) is 0 Å². The van der Waals surface area contributed by atoms with Gasteiger partial charge in [-0.2, -0.15) is 0 Å². The molecule has 5 nitrogen and oxygen atoms in total. The van der Waals surface area contributed by atoms with Gasteiger partial charge in [0.2, 0.25) is 5.91 Å². The van der Waals surface area contributed by atoms with Gasteiger partial charge in [0.05, 0.1) is 10.5 Å². The molecule has 1 amide bonds. The maximum Gasteiger partial charge on any atom is 0.242 e. The van der Waals surface area contributed by atoms with Gasteiger partial charge < -0.3 is 9.47 Å².